The Kier molecular flexibility index (Phi) is 2.61. The van der Waals surface area contributed by atoms with Crippen molar-refractivity contribution in [3.63, 3.8) is 0 Å². The molecule has 0 aromatic rings. The van der Waals surface area contributed by atoms with Crippen molar-refractivity contribution in [1.82, 2.24) is 0 Å². The molecule has 0 bridgehead atoms. The molecule has 0 amide bonds. The fourth-order valence-electron chi connectivity index (χ4n) is 0. The first-order chi connectivity index (χ1) is 1.73. The van der Waals surface area contributed by atoms with Gasteiger partial charge in [0.25, 0.3) is 0 Å². The van der Waals surface area contributed by atoms with Crippen molar-refractivity contribution < 1.29 is 5.11 Å². The fourth-order valence-corrected chi connectivity index (χ4v) is 0. The van der Waals surface area contributed by atoms with Gasteiger partial charge >= 0.3 is 41.5 Å². The molecule has 23 valence electrons. The molecule has 0 spiro atoms. The molecule has 0 aromatic heterocycles. The van der Waals surface area contributed by atoms with E-state index in [1.807, 2.05) is 0 Å². The van der Waals surface area contributed by atoms with E-state index in [4.69, 9.17) is 5.11 Å². The molecule has 1 atom stereocenters. The Morgan fingerprint density at radius 3 is 2.00 bits per heavy atom. The van der Waals surface area contributed by atoms with Crippen molar-refractivity contribution in [3.05, 3.63) is 0 Å². The third-order valence-corrected chi connectivity index (χ3v) is 0. The van der Waals surface area contributed by atoms with Gasteiger partial charge < -0.3 is 0 Å². The molecule has 0 saturated heterocycles. The van der Waals surface area contributed by atoms with E-state index < -0.39 is 0 Å². The third-order valence-electron chi connectivity index (χ3n) is 0. The first-order valence-corrected chi connectivity index (χ1v) is 3.37. The van der Waals surface area contributed by atoms with Crippen LogP contribution < -0.4 is 0 Å². The average molecular weight is 252 g/mol. The summed E-state index contributed by atoms with van der Waals surface area (Å²) in [5.74, 6) is 0. The molecule has 2 heteroatoms. The molecule has 1 unspecified atom stereocenters. The van der Waals surface area contributed by atoms with Crippen LogP contribution in [0, 0.1) is 0 Å². The van der Waals surface area contributed by atoms with Crippen LogP contribution in [0.15, 0.2) is 0 Å². The summed E-state index contributed by atoms with van der Waals surface area (Å²) in [5.41, 5.74) is 0. The van der Waals surface area contributed by atoms with Crippen LogP contribution in [0.5, 0.6) is 0 Å². The molecule has 1 nitrogen and oxygen atoms in total. The predicted molar refractivity (Wildman–Crippen MR) is 17.4 cm³/mol. The van der Waals surface area contributed by atoms with E-state index in [9.17, 15) is 0 Å². The molecule has 0 aliphatic heterocycles. The van der Waals surface area contributed by atoms with Crippen LogP contribution in [0.4, 0.5) is 0 Å². The average Bonchev–Trinajstić information content (AvgIpc) is 0.811. The molecule has 0 fully saturated rings. The summed E-state index contributed by atoms with van der Waals surface area (Å²) in [4.78, 5) is 0. The first kappa shape index (κ1) is 4.88. The van der Waals surface area contributed by atoms with Gasteiger partial charge in [-0.25, -0.2) is 0 Å². The Morgan fingerprint density at radius 2 is 2.00 bits per heavy atom. The first-order valence-electron chi connectivity index (χ1n) is 1.12. The SMILES string of the molecule is C[CH](O)[Pb]. The molecule has 0 aliphatic carbocycles. The fraction of sp³-hybridized carbons (Fsp3) is 1.00. The summed E-state index contributed by atoms with van der Waals surface area (Å²) in [6.45, 7) is 1.78. The van der Waals surface area contributed by atoms with Gasteiger partial charge in [-0.3, -0.25) is 0 Å². The summed E-state index contributed by atoms with van der Waals surface area (Å²) in [6, 6.07) is 0. The van der Waals surface area contributed by atoms with Gasteiger partial charge in [-0.15, -0.1) is 0 Å². The van der Waals surface area contributed by atoms with Crippen LogP contribution in [-0.4, -0.2) is 34.5 Å². The predicted octanol–water partition coefficient (Wildman–Crippen LogP) is -0.507. The minimum absolute atomic E-state index is 0.0278. The maximum atomic E-state index is 8.12. The van der Waals surface area contributed by atoms with E-state index in [1.165, 1.54) is 0 Å². The van der Waals surface area contributed by atoms with Crippen molar-refractivity contribution >= 4 is 25.8 Å². The van der Waals surface area contributed by atoms with Gasteiger partial charge in [0.2, 0.25) is 0 Å². The zero-order valence-corrected chi connectivity index (χ0v) is 6.41. The molecule has 4 heavy (non-hydrogen) atoms. The molecule has 0 heterocycles. The zero-order chi connectivity index (χ0) is 3.58. The van der Waals surface area contributed by atoms with Crippen LogP contribution in [0.3, 0.4) is 0 Å². The van der Waals surface area contributed by atoms with Crippen LogP contribution in [0.2, 0.25) is 0 Å². The normalized spacial score (nSPS) is 15.8. The topological polar surface area (TPSA) is 20.2 Å². The van der Waals surface area contributed by atoms with Crippen LogP contribution in [0.25, 0.3) is 0 Å². The van der Waals surface area contributed by atoms with Gasteiger partial charge in [0.05, 0.1) is 0 Å². The van der Waals surface area contributed by atoms with E-state index in [1.54, 1.807) is 6.92 Å². The van der Waals surface area contributed by atoms with Crippen LogP contribution in [-0.2, 0) is 0 Å². The second kappa shape index (κ2) is 2.14. The van der Waals surface area contributed by atoms with Crippen molar-refractivity contribution in [2.75, 3.05) is 0 Å². The Bertz CT molecular complexity index is 10.8. The van der Waals surface area contributed by atoms with Crippen molar-refractivity contribution in [2.24, 2.45) is 0 Å². The molecule has 0 saturated carbocycles. The van der Waals surface area contributed by atoms with Crippen LogP contribution >= 0.6 is 0 Å². The summed E-state index contributed by atoms with van der Waals surface area (Å²) >= 11 is 0.904. The van der Waals surface area contributed by atoms with Gasteiger partial charge in [-0.2, -0.15) is 0 Å². The van der Waals surface area contributed by atoms with Gasteiger partial charge in [0, 0.05) is 0 Å². The van der Waals surface area contributed by atoms with E-state index in [0.29, 0.717) is 0 Å². The van der Waals surface area contributed by atoms with E-state index in [2.05, 4.69) is 0 Å². The molecular weight excluding hydrogens is 247 g/mol. The van der Waals surface area contributed by atoms with Crippen LogP contribution in [0.1, 0.15) is 6.92 Å². The van der Waals surface area contributed by atoms with E-state index in [-0.39, 0.29) is 3.66 Å². The second-order valence-corrected chi connectivity index (χ2v) is 3.92. The van der Waals surface area contributed by atoms with Gasteiger partial charge in [-0.1, -0.05) is 0 Å². The quantitative estimate of drug-likeness (QED) is 0.576. The number of rotatable bonds is 0. The van der Waals surface area contributed by atoms with Gasteiger partial charge in [0.15, 0.2) is 0 Å². The summed E-state index contributed by atoms with van der Waals surface area (Å²) in [6.07, 6.45) is 0. The van der Waals surface area contributed by atoms with Gasteiger partial charge in [0.1, 0.15) is 0 Å². The summed E-state index contributed by atoms with van der Waals surface area (Å²) < 4.78 is -0.0278. The Balaban J connectivity index is 2.32. The van der Waals surface area contributed by atoms with Gasteiger partial charge in [-0.05, 0) is 0 Å². The van der Waals surface area contributed by atoms with Crippen molar-refractivity contribution in [3.8, 4) is 0 Å². The second-order valence-electron chi connectivity index (χ2n) is 0.676. The minimum atomic E-state index is -0.0278. The van der Waals surface area contributed by atoms with Crippen molar-refractivity contribution in [2.45, 2.75) is 10.6 Å². The summed E-state index contributed by atoms with van der Waals surface area (Å²) in [7, 11) is 0. The van der Waals surface area contributed by atoms with E-state index in [0.717, 1.165) is 25.8 Å². The molecule has 3 radical (unpaired) electrons. The number of hydrogen-bond donors (Lipinski definition) is 1. The summed E-state index contributed by atoms with van der Waals surface area (Å²) in [5, 5.41) is 8.12. The number of hydrogen-bond acceptors (Lipinski definition) is 1. The zero-order valence-electron chi connectivity index (χ0n) is 2.52. The number of aliphatic hydroxyl groups excluding tert-OH is 1. The molecule has 0 rings (SSSR count). The third kappa shape index (κ3) is 13.1. The molecule has 1 N–H and O–H groups in total. The Hall–Kier alpha value is 0.882. The Morgan fingerprint density at radius 1 is 2.00 bits per heavy atom. The van der Waals surface area contributed by atoms with E-state index >= 15 is 0 Å². The molecule has 0 aromatic carbocycles. The standard InChI is InChI=1S/C2H5O.Pb/c1-2-3;/h2-3H,1H3;. The molecule has 0 aliphatic rings. The molecular formula is C2H5OPb. The van der Waals surface area contributed by atoms with Crippen molar-refractivity contribution in [1.29, 1.82) is 0 Å². The number of aliphatic hydroxyl groups is 1. The Labute approximate surface area is 41.7 Å². The maximum absolute atomic E-state index is 8.12. The monoisotopic (exact) mass is 253 g/mol.